The number of azo groups is 2. The molecule has 3 rings (SSSR count). The Hall–Kier alpha value is -0.900. The molecule has 4 N–H and O–H groups in total. The van der Waals surface area contributed by atoms with Crippen LogP contribution in [0.1, 0.15) is 0 Å². The van der Waals surface area contributed by atoms with E-state index in [4.69, 9.17) is 11.5 Å². The van der Waals surface area contributed by atoms with E-state index in [1.165, 1.54) is 18.2 Å². The molecule has 45 heavy (non-hydrogen) atoms. The Morgan fingerprint density at radius 2 is 1.07 bits per heavy atom. The van der Waals surface area contributed by atoms with E-state index >= 15 is 0 Å². The molecule has 0 saturated heterocycles. The van der Waals surface area contributed by atoms with Crippen molar-refractivity contribution in [2.24, 2.45) is 20.5 Å². The standard InChI is InChI=1S/C20H20N6O12S4.3Na/c21-13-10-14(22)18(11-17(13)25-23-15-3-1-2-4-19(15)40(29,30)31)26-24-16-6-5-12(9-20(16)41(32,33)34)39(27,28)8-7-38-42(35,36)37;;;/h1-6,9-11H,7-8,21-22H2,(H,29,30,31)(H,32,33,34)(H,35,36,37);;;/q;3*+1/p-3. The first-order valence-electron chi connectivity index (χ1n) is 10.8. The second-order valence-corrected chi connectivity index (χ2v) is 13.8. The van der Waals surface area contributed by atoms with Crippen molar-refractivity contribution in [3.8, 4) is 0 Å². The molecule has 3 aromatic carbocycles. The molecule has 18 nitrogen and oxygen atoms in total. The van der Waals surface area contributed by atoms with E-state index in [1.54, 1.807) is 0 Å². The third-order valence-electron chi connectivity index (χ3n) is 4.98. The van der Waals surface area contributed by atoms with Gasteiger partial charge >= 0.3 is 88.7 Å². The first kappa shape index (κ1) is 44.1. The van der Waals surface area contributed by atoms with Gasteiger partial charge in [0, 0.05) is 0 Å². The zero-order valence-electron chi connectivity index (χ0n) is 23.6. The van der Waals surface area contributed by atoms with Gasteiger partial charge in [0.2, 0.25) is 10.4 Å². The zero-order valence-corrected chi connectivity index (χ0v) is 32.9. The number of anilines is 2. The molecule has 0 aliphatic heterocycles. The van der Waals surface area contributed by atoms with E-state index in [0.717, 1.165) is 30.3 Å². The van der Waals surface area contributed by atoms with Gasteiger partial charge in [-0.3, -0.25) is 4.18 Å². The summed E-state index contributed by atoms with van der Waals surface area (Å²) in [6.07, 6.45) is 0. The fraction of sp³-hybridized carbons (Fsp3) is 0.100. The van der Waals surface area contributed by atoms with Crippen molar-refractivity contribution in [2.75, 3.05) is 23.8 Å². The normalized spacial score (nSPS) is 12.3. The van der Waals surface area contributed by atoms with Crippen LogP contribution >= 0.6 is 0 Å². The Bertz CT molecular complexity index is 2040. The number of hydrogen-bond donors (Lipinski definition) is 2. The fourth-order valence-electron chi connectivity index (χ4n) is 3.09. The van der Waals surface area contributed by atoms with Crippen molar-refractivity contribution in [1.29, 1.82) is 0 Å². The Balaban J connectivity index is 0.00000645. The molecule has 0 aliphatic carbocycles. The molecule has 0 fully saturated rings. The molecule has 0 spiro atoms. The third-order valence-corrected chi connectivity index (χ3v) is 8.86. The summed E-state index contributed by atoms with van der Waals surface area (Å²) in [5.41, 5.74) is 10.3. The van der Waals surface area contributed by atoms with E-state index in [2.05, 4.69) is 24.6 Å². The molecular formula is C20H17N6Na3O12S4. The zero-order chi connectivity index (χ0) is 31.5. The quantitative estimate of drug-likeness (QED) is 0.0609. The van der Waals surface area contributed by atoms with Gasteiger partial charge in [0.15, 0.2) is 9.84 Å². The van der Waals surface area contributed by atoms with Crippen LogP contribution in [0.15, 0.2) is 89.7 Å². The molecule has 0 bridgehead atoms. The van der Waals surface area contributed by atoms with Crippen LogP contribution in [0.3, 0.4) is 0 Å². The molecule has 0 aromatic heterocycles. The topological polar surface area (TPSA) is 316 Å². The van der Waals surface area contributed by atoms with Gasteiger partial charge < -0.3 is 25.1 Å². The van der Waals surface area contributed by atoms with Crippen LogP contribution in [0.4, 0.5) is 34.1 Å². The number of benzene rings is 3. The molecule has 25 heteroatoms. The van der Waals surface area contributed by atoms with Gasteiger partial charge in [0.25, 0.3) is 0 Å². The number of nitrogens with two attached hydrogens (primary N) is 2. The van der Waals surface area contributed by atoms with Crippen molar-refractivity contribution in [2.45, 2.75) is 14.7 Å². The monoisotopic (exact) mass is 730 g/mol. The summed E-state index contributed by atoms with van der Waals surface area (Å²) in [6.45, 7) is -1.07. The largest absolute Gasteiger partial charge is 1.00 e. The van der Waals surface area contributed by atoms with Gasteiger partial charge in [-0.25, -0.2) is 33.7 Å². The Morgan fingerprint density at radius 1 is 0.600 bits per heavy atom. The van der Waals surface area contributed by atoms with Crippen LogP contribution in [0.2, 0.25) is 0 Å². The summed E-state index contributed by atoms with van der Waals surface area (Å²) in [5, 5.41) is 14.9. The maximum atomic E-state index is 12.4. The minimum Gasteiger partial charge on any atom is -0.744 e. The summed E-state index contributed by atoms with van der Waals surface area (Å²) in [7, 11) is -19.9. The summed E-state index contributed by atoms with van der Waals surface area (Å²) in [4.78, 5) is -2.49. The maximum Gasteiger partial charge on any atom is 1.00 e. The van der Waals surface area contributed by atoms with Crippen molar-refractivity contribution in [3.05, 3.63) is 54.6 Å². The van der Waals surface area contributed by atoms with Gasteiger partial charge in [-0.05, 0) is 42.5 Å². The third kappa shape index (κ3) is 12.9. The van der Waals surface area contributed by atoms with Gasteiger partial charge in [-0.1, -0.05) is 12.1 Å². The molecule has 0 heterocycles. The van der Waals surface area contributed by atoms with Crippen molar-refractivity contribution in [3.63, 3.8) is 0 Å². The maximum absolute atomic E-state index is 12.4. The number of hydrogen-bond acceptors (Lipinski definition) is 18. The Labute approximate surface area is 324 Å². The van der Waals surface area contributed by atoms with Gasteiger partial charge in [-0.2, -0.15) is 0 Å². The predicted octanol–water partition coefficient (Wildman–Crippen LogP) is -7.25. The van der Waals surface area contributed by atoms with Crippen molar-refractivity contribution >= 4 is 74.6 Å². The fourth-order valence-corrected chi connectivity index (χ4v) is 5.91. The molecule has 0 unspecified atom stereocenters. The van der Waals surface area contributed by atoms with Crippen LogP contribution in [0.25, 0.3) is 0 Å². The second kappa shape index (κ2) is 17.5. The molecule has 0 saturated carbocycles. The molecule has 0 amide bonds. The minimum atomic E-state index is -5.35. The van der Waals surface area contributed by atoms with Crippen LogP contribution in [-0.4, -0.2) is 59.7 Å². The van der Waals surface area contributed by atoms with Gasteiger partial charge in [0.05, 0.1) is 38.4 Å². The van der Waals surface area contributed by atoms with E-state index in [-0.39, 0.29) is 117 Å². The van der Waals surface area contributed by atoms with Crippen LogP contribution in [-0.2, 0) is 44.7 Å². The van der Waals surface area contributed by atoms with Crippen molar-refractivity contribution < 1.29 is 140 Å². The molecule has 0 aliphatic rings. The van der Waals surface area contributed by atoms with Gasteiger partial charge in [0.1, 0.15) is 43.0 Å². The Morgan fingerprint density at radius 3 is 1.56 bits per heavy atom. The summed E-state index contributed by atoms with van der Waals surface area (Å²) < 4.78 is 130. The number of sulfone groups is 1. The van der Waals surface area contributed by atoms with Crippen molar-refractivity contribution in [1.82, 2.24) is 0 Å². The number of nitrogens with zero attached hydrogens (tertiary/aromatic N) is 4. The first-order valence-corrected chi connectivity index (χ1v) is 16.6. The average molecular weight is 731 g/mol. The smallest absolute Gasteiger partial charge is 0.744 e. The summed E-state index contributed by atoms with van der Waals surface area (Å²) in [6, 6.07) is 9.32. The first-order chi connectivity index (χ1) is 19.3. The van der Waals surface area contributed by atoms with Crippen LogP contribution in [0, 0.1) is 0 Å². The number of nitrogen functional groups attached to an aromatic ring is 2. The summed E-state index contributed by atoms with van der Waals surface area (Å²) >= 11 is 0. The SMILES string of the molecule is Nc1cc(N)c(N=Nc2ccc(S(=O)(=O)CCOS(=O)(=O)[O-])cc2S(=O)(=O)[O-])cc1N=Nc1ccccc1S(=O)(=O)[O-].[Na+].[Na+].[Na+]. The molecule has 0 radical (unpaired) electrons. The van der Waals surface area contributed by atoms with Crippen LogP contribution in [0.5, 0.6) is 0 Å². The van der Waals surface area contributed by atoms with Crippen LogP contribution < -0.4 is 100 Å². The molecule has 0 atom stereocenters. The summed E-state index contributed by atoms with van der Waals surface area (Å²) in [5.74, 6) is -1.04. The number of rotatable bonds is 11. The van der Waals surface area contributed by atoms with E-state index < -0.39 is 73.2 Å². The minimum absolute atomic E-state index is 0. The van der Waals surface area contributed by atoms with E-state index in [0.29, 0.717) is 6.07 Å². The molecule has 226 valence electrons. The van der Waals surface area contributed by atoms with Gasteiger partial charge in [-0.15, -0.1) is 20.5 Å². The average Bonchev–Trinajstić information content (AvgIpc) is 2.85. The Kier molecular flexibility index (Phi) is 17.1. The predicted molar refractivity (Wildman–Crippen MR) is 140 cm³/mol. The van der Waals surface area contributed by atoms with E-state index in [1.807, 2.05) is 0 Å². The second-order valence-electron chi connectivity index (χ2n) is 7.92. The van der Waals surface area contributed by atoms with E-state index in [9.17, 15) is 47.3 Å². The molecular weight excluding hydrogens is 713 g/mol. The molecule has 3 aromatic rings.